The average molecular weight is 286 g/mol. The third-order valence-corrected chi connectivity index (χ3v) is 4.74. The van der Waals surface area contributed by atoms with Crippen molar-refractivity contribution in [3.05, 3.63) is 29.5 Å². The second-order valence-corrected chi connectivity index (χ2v) is 5.82. The summed E-state index contributed by atoms with van der Waals surface area (Å²) in [4.78, 5) is 6.30. The molecule has 0 spiro atoms. The Labute approximate surface area is 127 Å². The lowest BCUT2D eigenvalue weighted by molar-refractivity contribution is 0.217. The summed E-state index contributed by atoms with van der Waals surface area (Å²) in [7, 11) is 1.74. The van der Waals surface area contributed by atoms with Crippen LogP contribution < -0.4 is 4.74 Å². The van der Waals surface area contributed by atoms with Gasteiger partial charge in [0.05, 0.1) is 7.11 Å². The van der Waals surface area contributed by atoms with Crippen LogP contribution in [0.3, 0.4) is 0 Å². The van der Waals surface area contributed by atoms with Crippen LogP contribution in [0.25, 0.3) is 10.9 Å². The second kappa shape index (κ2) is 6.10. The molecule has 1 fully saturated rings. The molecule has 2 bridgehead atoms. The number of rotatable bonds is 1. The first-order valence-corrected chi connectivity index (χ1v) is 8.26. The Kier molecular flexibility index (Phi) is 4.20. The highest BCUT2D eigenvalue weighted by atomic mass is 16.5. The Balaban J connectivity index is 0.000000636. The van der Waals surface area contributed by atoms with Crippen molar-refractivity contribution in [3.63, 3.8) is 0 Å². The van der Waals surface area contributed by atoms with Gasteiger partial charge in [0, 0.05) is 35.6 Å². The lowest BCUT2D eigenvalue weighted by Crippen LogP contribution is -2.33. The van der Waals surface area contributed by atoms with Gasteiger partial charge in [-0.2, -0.15) is 0 Å². The Morgan fingerprint density at radius 2 is 2.10 bits per heavy atom. The molecule has 0 aliphatic carbocycles. The zero-order valence-electron chi connectivity index (χ0n) is 13.4. The fourth-order valence-corrected chi connectivity index (χ4v) is 3.76. The number of nitrogens with one attached hydrogen (secondary N) is 1. The van der Waals surface area contributed by atoms with Gasteiger partial charge in [-0.25, -0.2) is 0 Å². The van der Waals surface area contributed by atoms with Gasteiger partial charge < -0.3 is 14.6 Å². The standard InChI is InChI=1S/C16H20N2O.C2H6/c1-19-12-4-5-15-14(9-12)13-6-8-18-7-2-3-11(10-18)16(13)17-15;1-2/h4-5,9,11,17H,2-3,6-8,10H2,1H3;1-2H3. The molecule has 21 heavy (non-hydrogen) atoms. The first-order chi connectivity index (χ1) is 10.3. The fraction of sp³-hybridized carbons (Fsp3) is 0.556. The van der Waals surface area contributed by atoms with Crippen molar-refractivity contribution < 1.29 is 4.74 Å². The Morgan fingerprint density at radius 1 is 1.24 bits per heavy atom. The summed E-state index contributed by atoms with van der Waals surface area (Å²) in [5, 5.41) is 1.36. The van der Waals surface area contributed by atoms with Gasteiger partial charge in [-0.3, -0.25) is 0 Å². The molecular weight excluding hydrogens is 260 g/mol. The summed E-state index contributed by atoms with van der Waals surface area (Å²) in [5.41, 5.74) is 4.29. The van der Waals surface area contributed by atoms with Crippen LogP contribution in [0, 0.1) is 0 Å². The molecule has 2 aromatic rings. The number of nitrogens with zero attached hydrogens (tertiary/aromatic N) is 1. The molecule has 1 saturated heterocycles. The largest absolute Gasteiger partial charge is 0.497 e. The summed E-state index contributed by atoms with van der Waals surface area (Å²) in [6, 6.07) is 6.39. The van der Waals surface area contributed by atoms with Crippen molar-refractivity contribution in [2.24, 2.45) is 0 Å². The van der Waals surface area contributed by atoms with Crippen molar-refractivity contribution in [1.82, 2.24) is 9.88 Å². The van der Waals surface area contributed by atoms with Crippen molar-refractivity contribution in [2.45, 2.75) is 39.0 Å². The van der Waals surface area contributed by atoms with Crippen LogP contribution in [-0.2, 0) is 6.42 Å². The third-order valence-electron chi connectivity index (χ3n) is 4.74. The summed E-state index contributed by atoms with van der Waals surface area (Å²) < 4.78 is 5.38. The SMILES string of the molecule is CC.COc1ccc2[nH]c3c(c2c1)CCN1CCCC3C1. The molecule has 3 nitrogen and oxygen atoms in total. The Hall–Kier alpha value is -1.48. The molecule has 4 rings (SSSR count). The van der Waals surface area contributed by atoms with E-state index in [1.54, 1.807) is 7.11 Å². The third kappa shape index (κ3) is 2.55. The molecule has 2 aliphatic rings. The van der Waals surface area contributed by atoms with Crippen LogP contribution in [0.5, 0.6) is 5.75 Å². The zero-order chi connectivity index (χ0) is 14.8. The van der Waals surface area contributed by atoms with Crippen molar-refractivity contribution in [1.29, 1.82) is 0 Å². The van der Waals surface area contributed by atoms with E-state index in [-0.39, 0.29) is 0 Å². The number of methoxy groups -OCH3 is 1. The van der Waals surface area contributed by atoms with Gasteiger partial charge >= 0.3 is 0 Å². The number of fused-ring (bicyclic) bond motifs is 6. The zero-order valence-corrected chi connectivity index (χ0v) is 13.4. The Bertz CT molecular complexity index is 617. The van der Waals surface area contributed by atoms with Gasteiger partial charge in [0.2, 0.25) is 0 Å². The minimum atomic E-state index is 0.699. The second-order valence-electron chi connectivity index (χ2n) is 5.82. The van der Waals surface area contributed by atoms with Gasteiger partial charge in [-0.1, -0.05) is 13.8 Å². The lowest BCUT2D eigenvalue weighted by atomic mass is 9.93. The van der Waals surface area contributed by atoms with Gasteiger partial charge in [0.25, 0.3) is 0 Å². The van der Waals surface area contributed by atoms with Crippen LogP contribution in [0.1, 0.15) is 43.9 Å². The molecule has 0 amide bonds. The number of hydrogen-bond donors (Lipinski definition) is 1. The van der Waals surface area contributed by atoms with E-state index >= 15 is 0 Å². The molecule has 2 atom stereocenters. The molecule has 0 saturated carbocycles. The van der Waals surface area contributed by atoms with Gasteiger partial charge in [0.1, 0.15) is 5.75 Å². The first-order valence-electron chi connectivity index (χ1n) is 8.26. The van der Waals surface area contributed by atoms with E-state index in [1.165, 1.54) is 61.1 Å². The maximum Gasteiger partial charge on any atom is 0.119 e. The predicted molar refractivity (Wildman–Crippen MR) is 88.3 cm³/mol. The number of hydrogen-bond acceptors (Lipinski definition) is 2. The first kappa shape index (κ1) is 14.5. The monoisotopic (exact) mass is 286 g/mol. The van der Waals surface area contributed by atoms with Crippen LogP contribution in [0.2, 0.25) is 0 Å². The summed E-state index contributed by atoms with van der Waals surface area (Å²) in [5.74, 6) is 1.66. The number of ether oxygens (including phenoxy) is 1. The average Bonchev–Trinajstić information content (AvgIpc) is 2.87. The number of benzene rings is 1. The quantitative estimate of drug-likeness (QED) is 0.860. The van der Waals surface area contributed by atoms with E-state index in [9.17, 15) is 0 Å². The summed E-state index contributed by atoms with van der Waals surface area (Å²) in [6.07, 6.45) is 3.83. The van der Waals surface area contributed by atoms with Crippen LogP contribution in [0.4, 0.5) is 0 Å². The predicted octanol–water partition coefficient (Wildman–Crippen LogP) is 3.94. The lowest BCUT2D eigenvalue weighted by Gasteiger charge is -2.29. The minimum absolute atomic E-state index is 0.699. The van der Waals surface area contributed by atoms with Crippen LogP contribution >= 0.6 is 0 Å². The molecule has 2 aliphatic heterocycles. The highest BCUT2D eigenvalue weighted by Gasteiger charge is 2.28. The summed E-state index contributed by atoms with van der Waals surface area (Å²) in [6.45, 7) is 7.71. The smallest absolute Gasteiger partial charge is 0.119 e. The molecule has 3 heteroatoms. The number of aromatic nitrogens is 1. The molecule has 3 heterocycles. The van der Waals surface area contributed by atoms with Gasteiger partial charge in [-0.05, 0) is 49.6 Å². The van der Waals surface area contributed by atoms with E-state index in [4.69, 9.17) is 4.74 Å². The van der Waals surface area contributed by atoms with Crippen molar-refractivity contribution in [3.8, 4) is 5.75 Å². The van der Waals surface area contributed by atoms with Gasteiger partial charge in [-0.15, -0.1) is 0 Å². The van der Waals surface area contributed by atoms with E-state index in [1.807, 2.05) is 19.9 Å². The molecule has 1 N–H and O–H groups in total. The number of aromatic amines is 1. The van der Waals surface area contributed by atoms with Gasteiger partial charge in [0.15, 0.2) is 0 Å². The summed E-state index contributed by atoms with van der Waals surface area (Å²) >= 11 is 0. The van der Waals surface area contributed by atoms with E-state index < -0.39 is 0 Å². The van der Waals surface area contributed by atoms with Crippen LogP contribution in [0.15, 0.2) is 18.2 Å². The van der Waals surface area contributed by atoms with E-state index in [0.717, 1.165) is 5.75 Å². The molecule has 0 radical (unpaired) electrons. The molecular formula is C18H26N2O. The Morgan fingerprint density at radius 3 is 2.90 bits per heavy atom. The number of H-pyrrole nitrogens is 1. The minimum Gasteiger partial charge on any atom is -0.497 e. The maximum atomic E-state index is 5.38. The molecule has 1 aromatic heterocycles. The molecule has 114 valence electrons. The van der Waals surface area contributed by atoms with E-state index in [0.29, 0.717) is 5.92 Å². The van der Waals surface area contributed by atoms with E-state index in [2.05, 4.69) is 22.0 Å². The normalized spacial score (nSPS) is 23.8. The molecule has 1 aromatic carbocycles. The van der Waals surface area contributed by atoms with Crippen molar-refractivity contribution >= 4 is 10.9 Å². The van der Waals surface area contributed by atoms with Crippen molar-refractivity contribution in [2.75, 3.05) is 26.7 Å². The highest BCUT2D eigenvalue weighted by molar-refractivity contribution is 5.86. The molecule has 2 unspecified atom stereocenters. The topological polar surface area (TPSA) is 28.3 Å². The fourth-order valence-electron chi connectivity index (χ4n) is 3.76. The maximum absolute atomic E-state index is 5.38. The van der Waals surface area contributed by atoms with Crippen LogP contribution in [-0.4, -0.2) is 36.6 Å². The highest BCUT2D eigenvalue weighted by Crippen LogP contribution is 2.37. The number of piperidine rings is 1.